The second-order valence-corrected chi connectivity index (χ2v) is 3.83. The average Bonchev–Trinajstić information content (AvgIpc) is 2.49. The number of carbonyl (C=O) groups excluding carboxylic acids is 1. The molecule has 0 fully saturated rings. The number of pyridine rings is 1. The molecule has 0 saturated heterocycles. The summed E-state index contributed by atoms with van der Waals surface area (Å²) in [5, 5.41) is 11.6. The summed E-state index contributed by atoms with van der Waals surface area (Å²) in [7, 11) is 1.50. The molecule has 2 rings (SSSR count). The van der Waals surface area contributed by atoms with Crippen molar-refractivity contribution in [2.24, 2.45) is 5.10 Å². The topological polar surface area (TPSA) is 124 Å². The van der Waals surface area contributed by atoms with Gasteiger partial charge in [0.2, 0.25) is 5.75 Å². The number of hydrogen-bond acceptors (Lipinski definition) is 3. The molecule has 1 amide bonds. The number of hydrogen-bond donors (Lipinski definition) is 0. The van der Waals surface area contributed by atoms with Crippen molar-refractivity contribution in [1.29, 1.82) is 0 Å². The van der Waals surface area contributed by atoms with Crippen LogP contribution in [0.1, 0.15) is 11.1 Å². The maximum atomic E-state index is 9.71. The molecule has 1 aromatic heterocycles. The van der Waals surface area contributed by atoms with Gasteiger partial charge in [-0.3, -0.25) is 9.78 Å². The molecule has 0 bridgehead atoms. The third-order valence-corrected chi connectivity index (χ3v) is 2.57. The van der Waals surface area contributed by atoms with E-state index in [0.29, 0.717) is 16.9 Å². The summed E-state index contributed by atoms with van der Waals surface area (Å²) in [5.74, 6) is 0.465. The molecule has 22 heavy (non-hydrogen) atoms. The Morgan fingerprint density at radius 2 is 2.00 bits per heavy atom. The van der Waals surface area contributed by atoms with Crippen LogP contribution >= 0.6 is 0 Å². The van der Waals surface area contributed by atoms with Gasteiger partial charge in [-0.25, -0.2) is 0 Å². The normalized spacial score (nSPS) is 9.50. The Balaban J connectivity index is 0.00000220. The van der Waals surface area contributed by atoms with E-state index < -0.39 is 0 Å². The molecule has 0 saturated carbocycles. The summed E-state index contributed by atoms with van der Waals surface area (Å²) >= 11 is 0. The number of ether oxygens (including phenoxy) is 1. The summed E-state index contributed by atoms with van der Waals surface area (Å²) in [6, 6.07) is 8.40. The van der Waals surface area contributed by atoms with E-state index in [9.17, 15) is 4.79 Å². The van der Waals surface area contributed by atoms with Crippen molar-refractivity contribution < 1.29 is 36.9 Å². The van der Waals surface area contributed by atoms with Crippen LogP contribution in [0.3, 0.4) is 0 Å². The zero-order valence-electron chi connectivity index (χ0n) is 11.6. The molecule has 1 aromatic carbocycles. The predicted molar refractivity (Wildman–Crippen MR) is 80.9 cm³/mol. The van der Waals surface area contributed by atoms with Crippen LogP contribution < -0.4 is 4.74 Å². The second kappa shape index (κ2) is 9.50. The monoisotopic (exact) mass is 349 g/mol. The van der Waals surface area contributed by atoms with Gasteiger partial charge < -0.3 is 25.8 Å². The van der Waals surface area contributed by atoms with E-state index in [-0.39, 0.29) is 33.9 Å². The quantitative estimate of drug-likeness (QED) is 0.463. The number of rotatable bonds is 4. The largest absolute Gasteiger partial charge is 0.590 e. The van der Waals surface area contributed by atoms with Gasteiger partial charge in [-0.1, -0.05) is 6.07 Å². The molecule has 5 N–H and O–H groups in total. The molecular weight excluding hydrogens is 333 g/mol. The van der Waals surface area contributed by atoms with Gasteiger partial charge >= 0.3 is 5.75 Å². The van der Waals surface area contributed by atoms with Crippen molar-refractivity contribution in [2.45, 2.75) is 0 Å². The number of para-hydroxylation sites is 1. The number of benzene rings is 1. The number of amides is 1. The molecule has 2 aromatic rings. The number of aromatic nitrogens is 1. The first-order valence-corrected chi connectivity index (χ1v) is 5.81. The van der Waals surface area contributed by atoms with Crippen LogP contribution in [0.2, 0.25) is 0 Å². The first-order chi connectivity index (χ1) is 9.72. The van der Waals surface area contributed by atoms with Gasteiger partial charge in [0.15, 0.2) is 0 Å². The van der Waals surface area contributed by atoms with Gasteiger partial charge in [-0.15, -0.1) is 0 Å². The zero-order chi connectivity index (χ0) is 14.4. The minimum atomic E-state index is -0.210. The molecule has 0 aliphatic heterocycles. The molecule has 0 spiro atoms. The first kappa shape index (κ1) is 19.6. The fourth-order valence-electron chi connectivity index (χ4n) is 1.53. The summed E-state index contributed by atoms with van der Waals surface area (Å²) < 4.78 is 5.04. The van der Waals surface area contributed by atoms with E-state index in [2.05, 4.69) is 15.5 Å². The molecule has 0 atom stereocenters. The number of nitrogens with zero attached hydrogens (tertiary/aromatic N) is 3. The van der Waals surface area contributed by atoms with E-state index in [1.165, 1.54) is 13.3 Å². The van der Waals surface area contributed by atoms with E-state index in [4.69, 9.17) is 9.84 Å². The predicted octanol–water partition coefficient (Wildman–Crippen LogP) is 0.959. The van der Waals surface area contributed by atoms with Crippen LogP contribution in [0.15, 0.2) is 47.8 Å². The SMILES string of the molecule is COc1cccc(/C=N/[N-]C(=[OH+])c2ccncc2)c1[OH2+].O.[Co]. The first-order valence-electron chi connectivity index (χ1n) is 5.81. The number of methoxy groups -OCH3 is 1. The minimum Gasteiger partial charge on any atom is -0.590 e. The van der Waals surface area contributed by atoms with Gasteiger partial charge in [0, 0.05) is 35.4 Å². The van der Waals surface area contributed by atoms with Crippen LogP contribution in [-0.4, -0.2) is 39.6 Å². The van der Waals surface area contributed by atoms with Gasteiger partial charge in [0.1, 0.15) is 0 Å². The van der Waals surface area contributed by atoms with Crippen LogP contribution in [-0.2, 0) is 16.8 Å². The minimum absolute atomic E-state index is 0. The molecule has 8 heteroatoms. The summed E-state index contributed by atoms with van der Waals surface area (Å²) in [5.41, 5.74) is 4.75. The Bertz CT molecular complexity index is 635. The third kappa shape index (κ3) is 4.84. The fraction of sp³-hybridized carbons (Fsp3) is 0.0714. The summed E-state index contributed by atoms with van der Waals surface area (Å²) in [4.78, 5) is 13.5. The maximum absolute atomic E-state index is 9.71. The van der Waals surface area contributed by atoms with Crippen molar-refractivity contribution in [1.82, 2.24) is 4.98 Å². The van der Waals surface area contributed by atoms with Crippen molar-refractivity contribution in [3.05, 3.63) is 59.3 Å². The Hall–Kier alpha value is -2.42. The Labute approximate surface area is 137 Å². The Morgan fingerprint density at radius 1 is 1.32 bits per heavy atom. The van der Waals surface area contributed by atoms with Crippen LogP contribution in [0.5, 0.6) is 11.5 Å². The molecule has 1 heterocycles. The summed E-state index contributed by atoms with van der Waals surface area (Å²) in [6.07, 6.45) is 4.49. The van der Waals surface area contributed by atoms with E-state index in [0.717, 1.165) is 0 Å². The molecule has 0 aliphatic rings. The van der Waals surface area contributed by atoms with Gasteiger partial charge in [-0.2, -0.15) is 0 Å². The molecular formula is C14H16CoN3O4+. The van der Waals surface area contributed by atoms with Crippen LogP contribution in [0, 0.1) is 0 Å². The van der Waals surface area contributed by atoms with Gasteiger partial charge in [0.05, 0.1) is 18.2 Å². The second-order valence-electron chi connectivity index (χ2n) is 3.83. The van der Waals surface area contributed by atoms with E-state index in [1.807, 2.05) is 0 Å². The molecule has 0 aliphatic carbocycles. The smallest absolute Gasteiger partial charge is 0.305 e. The molecule has 0 unspecified atom stereocenters. The Kier molecular flexibility index (Phi) is 8.45. The molecule has 119 valence electrons. The van der Waals surface area contributed by atoms with E-state index >= 15 is 0 Å². The average molecular weight is 349 g/mol. The van der Waals surface area contributed by atoms with Gasteiger partial charge in [0.25, 0.3) is 5.91 Å². The van der Waals surface area contributed by atoms with Crippen molar-refractivity contribution in [2.75, 3.05) is 7.11 Å². The van der Waals surface area contributed by atoms with Crippen LogP contribution in [0.25, 0.3) is 5.43 Å². The fourth-order valence-corrected chi connectivity index (χ4v) is 1.53. The maximum Gasteiger partial charge on any atom is 0.305 e. The molecule has 7 nitrogen and oxygen atoms in total. The van der Waals surface area contributed by atoms with Crippen molar-refractivity contribution in [3.63, 3.8) is 0 Å². The van der Waals surface area contributed by atoms with Crippen molar-refractivity contribution >= 4 is 12.1 Å². The Morgan fingerprint density at radius 3 is 2.64 bits per heavy atom. The standard InChI is InChI=1S/C14H13N3O3.Co.H2O/c1-20-12-4-2-3-11(13(12)18)9-16-17-14(19)10-5-7-15-8-6-10;;/h2-9H,1H3,(H2,15,16,17,18,19);;1H2/p+1. The molecule has 1 radical (unpaired) electrons. The van der Waals surface area contributed by atoms with E-state index in [1.54, 1.807) is 42.7 Å². The summed E-state index contributed by atoms with van der Waals surface area (Å²) in [6.45, 7) is 0. The van der Waals surface area contributed by atoms with Crippen molar-refractivity contribution in [3.8, 4) is 11.5 Å². The van der Waals surface area contributed by atoms with Gasteiger partial charge in [-0.05, 0) is 24.3 Å². The van der Waals surface area contributed by atoms with Crippen LogP contribution in [0.4, 0.5) is 0 Å². The zero-order valence-corrected chi connectivity index (χ0v) is 12.7. The third-order valence-electron chi connectivity index (χ3n) is 2.57.